The number of nitriles is 1. The molecule has 7 rings (SSSR count). The average Bonchev–Trinajstić information content (AvgIpc) is 3.82. The maximum Gasteiger partial charge on any atom is 0.410 e. The number of aromatic nitrogens is 2. The van der Waals surface area contributed by atoms with Gasteiger partial charge in [-0.2, -0.15) is 5.26 Å². The zero-order valence-corrected chi connectivity index (χ0v) is 29.7. The van der Waals surface area contributed by atoms with Gasteiger partial charge in [-0.15, -0.1) is 11.3 Å². The lowest BCUT2D eigenvalue weighted by atomic mass is 9.91. The number of benzene rings is 3. The SMILES string of the molecule is Cc1c(-c2nc3cc(CN4CC[C@@H](C(=O)O)C4)cc(C#N)c3o2)cccc1-c1cccc(-c2nc3c(s2)CN(C(=O)OC(C)(C)C)CC3)c1C. The first-order valence-corrected chi connectivity index (χ1v) is 17.7. The molecule has 1 fully saturated rings. The summed E-state index contributed by atoms with van der Waals surface area (Å²) in [5, 5.41) is 20.3. The van der Waals surface area contributed by atoms with Crippen molar-refractivity contribution < 1.29 is 23.8 Å². The zero-order chi connectivity index (χ0) is 35.3. The first kappa shape index (κ1) is 33.4. The molecule has 1 N–H and O–H groups in total. The highest BCUT2D eigenvalue weighted by Gasteiger charge is 2.30. The number of fused-ring (bicyclic) bond motifs is 2. The second-order valence-corrected chi connectivity index (χ2v) is 15.3. The molecule has 1 amide bonds. The molecule has 0 bridgehead atoms. The maximum atomic E-state index is 12.8. The van der Waals surface area contributed by atoms with Gasteiger partial charge in [0.15, 0.2) is 5.58 Å². The van der Waals surface area contributed by atoms with Crippen molar-refractivity contribution in [2.45, 2.75) is 66.2 Å². The van der Waals surface area contributed by atoms with Gasteiger partial charge in [0.25, 0.3) is 0 Å². The van der Waals surface area contributed by atoms with Gasteiger partial charge in [0.05, 0.1) is 23.7 Å². The smallest absolute Gasteiger partial charge is 0.410 e. The van der Waals surface area contributed by atoms with E-state index in [1.807, 2.05) is 45.0 Å². The van der Waals surface area contributed by atoms with Gasteiger partial charge in [-0.25, -0.2) is 14.8 Å². The number of oxazole rings is 1. The van der Waals surface area contributed by atoms with Gasteiger partial charge in [-0.1, -0.05) is 30.3 Å². The summed E-state index contributed by atoms with van der Waals surface area (Å²) in [6.45, 7) is 12.6. The minimum absolute atomic E-state index is 0.299. The molecule has 0 unspecified atom stereocenters. The van der Waals surface area contributed by atoms with Crippen molar-refractivity contribution in [3.8, 4) is 39.2 Å². The molecule has 0 aliphatic carbocycles. The molecule has 2 aliphatic rings. The minimum Gasteiger partial charge on any atom is -0.481 e. The van der Waals surface area contributed by atoms with Crippen molar-refractivity contribution in [2.24, 2.45) is 5.92 Å². The zero-order valence-electron chi connectivity index (χ0n) is 28.9. The molecule has 1 saturated heterocycles. The first-order chi connectivity index (χ1) is 23.9. The summed E-state index contributed by atoms with van der Waals surface area (Å²) >= 11 is 1.63. The van der Waals surface area contributed by atoms with E-state index in [0.29, 0.717) is 68.1 Å². The van der Waals surface area contributed by atoms with Crippen molar-refractivity contribution in [1.29, 1.82) is 5.26 Å². The van der Waals surface area contributed by atoms with Crippen LogP contribution < -0.4 is 0 Å². The molecule has 2 aliphatic heterocycles. The van der Waals surface area contributed by atoms with Gasteiger partial charge in [-0.05, 0) is 93.6 Å². The van der Waals surface area contributed by atoms with Crippen molar-refractivity contribution in [2.75, 3.05) is 19.6 Å². The second-order valence-electron chi connectivity index (χ2n) is 14.2. The third-order valence-electron chi connectivity index (χ3n) is 9.50. The van der Waals surface area contributed by atoms with E-state index in [4.69, 9.17) is 19.1 Å². The Morgan fingerprint density at radius 1 is 1.04 bits per heavy atom. The summed E-state index contributed by atoms with van der Waals surface area (Å²) < 4.78 is 11.9. The number of nitrogens with zero attached hydrogens (tertiary/aromatic N) is 5. The predicted octanol–water partition coefficient (Wildman–Crippen LogP) is 7.97. The number of carbonyl (C=O) groups excluding carboxylic acids is 1. The predicted molar refractivity (Wildman–Crippen MR) is 192 cm³/mol. The Bertz CT molecular complexity index is 2190. The number of rotatable bonds is 6. The molecule has 0 spiro atoms. The van der Waals surface area contributed by atoms with Crippen LogP contribution in [0.3, 0.4) is 0 Å². The van der Waals surface area contributed by atoms with Gasteiger partial charge in [0.2, 0.25) is 5.89 Å². The Hall–Kier alpha value is -5.05. The molecule has 5 aromatic rings. The summed E-state index contributed by atoms with van der Waals surface area (Å²) in [5.74, 6) is -0.691. The molecule has 50 heavy (non-hydrogen) atoms. The lowest BCUT2D eigenvalue weighted by Gasteiger charge is -2.29. The number of carboxylic acid groups (broad SMARTS) is 1. The van der Waals surface area contributed by atoms with E-state index >= 15 is 0 Å². The summed E-state index contributed by atoms with van der Waals surface area (Å²) in [6, 6.07) is 18.4. The van der Waals surface area contributed by atoms with Crippen LogP contribution in [0.2, 0.25) is 0 Å². The fraction of sp³-hybridized carbons (Fsp3) is 0.359. The Balaban J connectivity index is 1.17. The van der Waals surface area contributed by atoms with Gasteiger partial charge in [-0.3, -0.25) is 9.69 Å². The van der Waals surface area contributed by atoms with Crippen molar-refractivity contribution in [3.63, 3.8) is 0 Å². The van der Waals surface area contributed by atoms with Crippen LogP contribution in [0, 0.1) is 31.1 Å². The molecule has 3 aromatic carbocycles. The number of likely N-dealkylation sites (tertiary alicyclic amines) is 1. The first-order valence-electron chi connectivity index (χ1n) is 16.8. The third-order valence-corrected chi connectivity index (χ3v) is 10.6. The standard InChI is InChI=1S/C39H39N5O5S/c1-22-27(28-9-7-11-30(23(28)2)36-42-31-13-15-44(21-33(31)50-36)38(47)49-39(3,4)5)8-6-10-29(22)35-41-32-17-24(16-26(18-40)34(32)48-35)19-43-14-12-25(20-43)37(45)46/h6-11,16-17,25H,12-15,19-21H2,1-5H3,(H,45,46)/t25-/m1/s1. The fourth-order valence-electron chi connectivity index (χ4n) is 6.93. The number of carbonyl (C=O) groups is 2. The number of ether oxygens (including phenoxy) is 1. The van der Waals surface area contributed by atoms with Gasteiger partial charge >= 0.3 is 12.1 Å². The summed E-state index contributed by atoms with van der Waals surface area (Å²) in [4.78, 5) is 39.0. The number of hydrogen-bond acceptors (Lipinski definition) is 9. The molecule has 11 heteroatoms. The van der Waals surface area contributed by atoms with Crippen molar-refractivity contribution in [3.05, 3.63) is 81.4 Å². The molecule has 4 heterocycles. The maximum absolute atomic E-state index is 12.8. The Labute approximate surface area is 294 Å². The monoisotopic (exact) mass is 689 g/mol. The van der Waals surface area contributed by atoms with E-state index in [1.54, 1.807) is 16.2 Å². The molecular weight excluding hydrogens is 651 g/mol. The molecular formula is C39H39N5O5S. The van der Waals surface area contributed by atoms with Crippen molar-refractivity contribution in [1.82, 2.24) is 19.8 Å². The van der Waals surface area contributed by atoms with E-state index < -0.39 is 11.6 Å². The highest BCUT2D eigenvalue weighted by Crippen LogP contribution is 2.40. The highest BCUT2D eigenvalue weighted by molar-refractivity contribution is 7.15. The van der Waals surface area contributed by atoms with Gasteiger partial charge in [0, 0.05) is 42.1 Å². The van der Waals surface area contributed by atoms with E-state index in [2.05, 4.69) is 49.1 Å². The van der Waals surface area contributed by atoms with Crippen molar-refractivity contribution >= 4 is 34.5 Å². The molecule has 256 valence electrons. The number of thiazole rings is 1. The molecule has 0 saturated carbocycles. The summed E-state index contributed by atoms with van der Waals surface area (Å²) in [6.07, 6.45) is 1.01. The van der Waals surface area contributed by atoms with Crippen LogP contribution in [0.5, 0.6) is 0 Å². The summed E-state index contributed by atoms with van der Waals surface area (Å²) in [5.41, 5.74) is 8.95. The number of hydrogen-bond donors (Lipinski definition) is 1. The Morgan fingerprint density at radius 2 is 1.74 bits per heavy atom. The second kappa shape index (κ2) is 13.0. The largest absolute Gasteiger partial charge is 0.481 e. The van der Waals surface area contributed by atoms with E-state index in [1.165, 1.54) is 0 Å². The van der Waals surface area contributed by atoms with Gasteiger partial charge < -0.3 is 19.2 Å². The van der Waals surface area contributed by atoms with E-state index in [9.17, 15) is 20.0 Å². The topological polar surface area (TPSA) is 133 Å². The van der Waals surface area contributed by atoms with Gasteiger partial charge in [0.1, 0.15) is 22.2 Å². The average molecular weight is 690 g/mol. The highest BCUT2D eigenvalue weighted by atomic mass is 32.1. The van der Waals surface area contributed by atoms with Crippen LogP contribution in [0.4, 0.5) is 4.79 Å². The van der Waals surface area contributed by atoms with Crippen LogP contribution in [-0.4, -0.2) is 62.2 Å². The lowest BCUT2D eigenvalue weighted by Crippen LogP contribution is -2.39. The Morgan fingerprint density at radius 3 is 2.42 bits per heavy atom. The third kappa shape index (κ3) is 6.49. The summed E-state index contributed by atoms with van der Waals surface area (Å²) in [7, 11) is 0. The van der Waals surface area contributed by atoms with Crippen LogP contribution in [0.25, 0.3) is 44.3 Å². The number of aliphatic carboxylic acids is 1. The quantitative estimate of drug-likeness (QED) is 0.188. The van der Waals surface area contributed by atoms with Crippen LogP contribution in [0.1, 0.15) is 60.0 Å². The number of amides is 1. The molecule has 1 atom stereocenters. The normalized spacial score (nSPS) is 16.4. The van der Waals surface area contributed by atoms with Crippen LogP contribution >= 0.6 is 11.3 Å². The van der Waals surface area contributed by atoms with E-state index in [0.717, 1.165) is 54.5 Å². The molecule has 0 radical (unpaired) electrons. The Kier molecular flexibility index (Phi) is 8.70. The van der Waals surface area contributed by atoms with Crippen LogP contribution in [-0.2, 0) is 29.0 Å². The molecule has 10 nitrogen and oxygen atoms in total. The number of carboxylic acids is 1. The van der Waals surface area contributed by atoms with Crippen LogP contribution in [0.15, 0.2) is 52.9 Å². The lowest BCUT2D eigenvalue weighted by molar-refractivity contribution is -0.141. The fourth-order valence-corrected chi connectivity index (χ4v) is 8.13. The van der Waals surface area contributed by atoms with E-state index in [-0.39, 0.29) is 12.0 Å². The minimum atomic E-state index is -0.767. The molecule has 2 aromatic heterocycles.